The molecule has 0 aromatic carbocycles. The van der Waals surface area contributed by atoms with Crippen LogP contribution in [0.25, 0.3) is 0 Å². The topological polar surface area (TPSA) is 52.7 Å². The van der Waals surface area contributed by atoms with E-state index in [1.807, 2.05) is 0 Å². The lowest BCUT2D eigenvalue weighted by molar-refractivity contribution is 0.209. The van der Waals surface area contributed by atoms with Crippen molar-refractivity contribution in [3.05, 3.63) is 0 Å². The number of hydrogen-bond donors (Lipinski definition) is 2. The molecule has 0 aliphatic carbocycles. The number of likely N-dealkylation sites (N-methyl/N-ethyl adjacent to an activating group) is 1. The standard InChI is InChI=1S/C11H27N3O/c1-4-6-14(8-7-13(2)3)10-11(12)5-9-15/h11,15H,4-10,12H2,1-3H3. The number of nitrogens with two attached hydrogens (primary N) is 1. The zero-order chi connectivity index (χ0) is 11.7. The van der Waals surface area contributed by atoms with E-state index in [-0.39, 0.29) is 12.6 Å². The fraction of sp³-hybridized carbons (Fsp3) is 1.00. The highest BCUT2D eigenvalue weighted by molar-refractivity contribution is 4.68. The van der Waals surface area contributed by atoms with Crippen LogP contribution in [0, 0.1) is 0 Å². The van der Waals surface area contributed by atoms with Gasteiger partial charge in [0.25, 0.3) is 0 Å². The summed E-state index contributed by atoms with van der Waals surface area (Å²) in [6, 6.07) is 0.101. The molecule has 0 aliphatic rings. The van der Waals surface area contributed by atoms with Gasteiger partial charge >= 0.3 is 0 Å². The molecule has 0 aliphatic heterocycles. The van der Waals surface area contributed by atoms with Gasteiger partial charge in [-0.3, -0.25) is 0 Å². The first-order valence-corrected chi connectivity index (χ1v) is 5.83. The Morgan fingerprint density at radius 1 is 1.20 bits per heavy atom. The van der Waals surface area contributed by atoms with E-state index in [2.05, 4.69) is 30.8 Å². The molecule has 3 N–H and O–H groups in total. The van der Waals surface area contributed by atoms with Crippen molar-refractivity contribution in [2.75, 3.05) is 46.9 Å². The van der Waals surface area contributed by atoms with Gasteiger partial charge in [0.15, 0.2) is 0 Å². The van der Waals surface area contributed by atoms with Crippen LogP contribution in [-0.4, -0.2) is 67.8 Å². The van der Waals surface area contributed by atoms with Gasteiger partial charge in [0.1, 0.15) is 0 Å². The Morgan fingerprint density at radius 3 is 2.33 bits per heavy atom. The summed E-state index contributed by atoms with van der Waals surface area (Å²) in [6.07, 6.45) is 1.85. The molecule has 0 aromatic heterocycles. The van der Waals surface area contributed by atoms with E-state index in [1.165, 1.54) is 0 Å². The quantitative estimate of drug-likeness (QED) is 0.569. The first-order chi connectivity index (χ1) is 7.10. The molecule has 0 radical (unpaired) electrons. The van der Waals surface area contributed by atoms with Crippen molar-refractivity contribution in [3.63, 3.8) is 0 Å². The predicted molar refractivity (Wildman–Crippen MR) is 65.0 cm³/mol. The van der Waals surface area contributed by atoms with Crippen molar-refractivity contribution in [2.24, 2.45) is 5.73 Å². The molecule has 0 amide bonds. The van der Waals surface area contributed by atoms with Crippen LogP contribution < -0.4 is 5.73 Å². The third-order valence-electron chi connectivity index (χ3n) is 2.40. The van der Waals surface area contributed by atoms with E-state index in [0.717, 1.165) is 32.6 Å². The molecular formula is C11H27N3O. The molecule has 0 bridgehead atoms. The summed E-state index contributed by atoms with van der Waals surface area (Å²) < 4.78 is 0. The number of aliphatic hydroxyl groups excluding tert-OH is 1. The average molecular weight is 217 g/mol. The normalized spacial score (nSPS) is 13.8. The Labute approximate surface area is 94.0 Å². The van der Waals surface area contributed by atoms with E-state index in [9.17, 15) is 0 Å². The van der Waals surface area contributed by atoms with E-state index < -0.39 is 0 Å². The third-order valence-corrected chi connectivity index (χ3v) is 2.40. The number of aliphatic hydroxyl groups is 1. The van der Waals surface area contributed by atoms with Crippen LogP contribution in [0.1, 0.15) is 19.8 Å². The second kappa shape index (κ2) is 9.09. The molecule has 1 unspecified atom stereocenters. The number of rotatable bonds is 9. The molecule has 4 heteroatoms. The number of nitrogens with zero attached hydrogens (tertiary/aromatic N) is 2. The zero-order valence-corrected chi connectivity index (χ0v) is 10.4. The first-order valence-electron chi connectivity index (χ1n) is 5.83. The van der Waals surface area contributed by atoms with Gasteiger partial charge in [0, 0.05) is 32.3 Å². The summed E-state index contributed by atoms with van der Waals surface area (Å²) in [5.74, 6) is 0. The van der Waals surface area contributed by atoms with Crippen molar-refractivity contribution in [1.29, 1.82) is 0 Å². The summed E-state index contributed by atoms with van der Waals surface area (Å²) >= 11 is 0. The lowest BCUT2D eigenvalue weighted by Gasteiger charge is -2.26. The molecule has 0 saturated heterocycles. The maximum Gasteiger partial charge on any atom is 0.0446 e. The molecule has 92 valence electrons. The largest absolute Gasteiger partial charge is 0.396 e. The molecule has 0 spiro atoms. The molecule has 1 atom stereocenters. The molecule has 15 heavy (non-hydrogen) atoms. The van der Waals surface area contributed by atoms with Crippen molar-refractivity contribution in [3.8, 4) is 0 Å². The monoisotopic (exact) mass is 217 g/mol. The smallest absolute Gasteiger partial charge is 0.0446 e. The summed E-state index contributed by atoms with van der Waals surface area (Å²) in [6.45, 7) is 6.47. The van der Waals surface area contributed by atoms with Gasteiger partial charge in [-0.1, -0.05) is 6.92 Å². The molecular weight excluding hydrogens is 190 g/mol. The average Bonchev–Trinajstić information content (AvgIpc) is 2.15. The summed E-state index contributed by atoms with van der Waals surface area (Å²) in [5.41, 5.74) is 5.91. The highest BCUT2D eigenvalue weighted by Crippen LogP contribution is 1.96. The van der Waals surface area contributed by atoms with Gasteiger partial charge in [0.2, 0.25) is 0 Å². The van der Waals surface area contributed by atoms with E-state index >= 15 is 0 Å². The highest BCUT2D eigenvalue weighted by Gasteiger charge is 2.09. The predicted octanol–water partition coefficient (Wildman–Crippen LogP) is -0.0303. The molecule has 0 heterocycles. The van der Waals surface area contributed by atoms with Gasteiger partial charge in [-0.25, -0.2) is 0 Å². The third kappa shape index (κ3) is 8.81. The van der Waals surface area contributed by atoms with Gasteiger partial charge in [-0.2, -0.15) is 0 Å². The molecule has 0 rings (SSSR count). The second-order valence-corrected chi connectivity index (χ2v) is 4.38. The number of hydrogen-bond acceptors (Lipinski definition) is 4. The van der Waals surface area contributed by atoms with Crippen LogP contribution in [-0.2, 0) is 0 Å². The van der Waals surface area contributed by atoms with Gasteiger partial charge in [-0.05, 0) is 33.5 Å². The SMILES string of the molecule is CCCN(CCN(C)C)CC(N)CCO. The fourth-order valence-electron chi connectivity index (χ4n) is 1.54. The minimum absolute atomic E-state index is 0.101. The minimum atomic E-state index is 0.101. The Balaban J connectivity index is 3.80. The van der Waals surface area contributed by atoms with Crippen LogP contribution in [0.4, 0.5) is 0 Å². The van der Waals surface area contributed by atoms with Gasteiger partial charge in [-0.15, -0.1) is 0 Å². The molecule has 0 fully saturated rings. The van der Waals surface area contributed by atoms with Crippen LogP contribution in [0.3, 0.4) is 0 Å². The maximum absolute atomic E-state index is 8.79. The van der Waals surface area contributed by atoms with Gasteiger partial charge in [0.05, 0.1) is 0 Å². The Kier molecular flexibility index (Phi) is 9.00. The van der Waals surface area contributed by atoms with Crippen molar-refractivity contribution in [2.45, 2.75) is 25.8 Å². The lowest BCUT2D eigenvalue weighted by atomic mass is 10.2. The van der Waals surface area contributed by atoms with Crippen molar-refractivity contribution < 1.29 is 5.11 Å². The van der Waals surface area contributed by atoms with E-state index in [1.54, 1.807) is 0 Å². The zero-order valence-electron chi connectivity index (χ0n) is 10.4. The van der Waals surface area contributed by atoms with E-state index in [0.29, 0.717) is 6.42 Å². The Morgan fingerprint density at radius 2 is 1.87 bits per heavy atom. The molecule has 4 nitrogen and oxygen atoms in total. The van der Waals surface area contributed by atoms with E-state index in [4.69, 9.17) is 10.8 Å². The Hall–Kier alpha value is -0.160. The van der Waals surface area contributed by atoms with Crippen LogP contribution >= 0.6 is 0 Å². The highest BCUT2D eigenvalue weighted by atomic mass is 16.3. The fourth-order valence-corrected chi connectivity index (χ4v) is 1.54. The molecule has 0 saturated carbocycles. The summed E-state index contributed by atoms with van der Waals surface area (Å²) in [4.78, 5) is 4.56. The lowest BCUT2D eigenvalue weighted by Crippen LogP contribution is -2.41. The van der Waals surface area contributed by atoms with Crippen LogP contribution in [0.2, 0.25) is 0 Å². The Bertz CT molecular complexity index is 142. The van der Waals surface area contributed by atoms with Crippen LogP contribution in [0.5, 0.6) is 0 Å². The summed E-state index contributed by atoms with van der Waals surface area (Å²) in [5, 5.41) is 8.79. The second-order valence-electron chi connectivity index (χ2n) is 4.38. The summed E-state index contributed by atoms with van der Waals surface area (Å²) in [7, 11) is 4.16. The van der Waals surface area contributed by atoms with Crippen molar-refractivity contribution >= 4 is 0 Å². The van der Waals surface area contributed by atoms with Crippen LogP contribution in [0.15, 0.2) is 0 Å². The van der Waals surface area contributed by atoms with Crippen molar-refractivity contribution in [1.82, 2.24) is 9.80 Å². The minimum Gasteiger partial charge on any atom is -0.396 e. The molecule has 0 aromatic rings. The first kappa shape index (κ1) is 14.8. The van der Waals surface area contributed by atoms with Gasteiger partial charge < -0.3 is 20.6 Å². The maximum atomic E-state index is 8.79.